The molecule has 2 aromatic rings. The van der Waals surface area contributed by atoms with Crippen molar-refractivity contribution < 1.29 is 17.7 Å². The second-order valence-electron chi connectivity index (χ2n) is 6.26. The van der Waals surface area contributed by atoms with Gasteiger partial charge >= 0.3 is 0 Å². The Hall–Kier alpha value is -2.26. The zero-order valence-electron chi connectivity index (χ0n) is 14.6. The minimum Gasteiger partial charge on any atom is -0.345 e. The molecule has 1 aliphatic rings. The quantitative estimate of drug-likeness (QED) is 0.851. The van der Waals surface area contributed by atoms with Crippen molar-refractivity contribution in [2.75, 3.05) is 13.1 Å². The first-order valence-corrected chi connectivity index (χ1v) is 10.1. The lowest BCUT2D eigenvalue weighted by Crippen LogP contribution is -2.32. The molecule has 0 bridgehead atoms. The SMILES string of the molecule is Cc1nc(CNC(=O)c2cccc(S(=O)(=O)N3CCCCCC3)c2)no1. The van der Waals surface area contributed by atoms with Crippen LogP contribution in [0.5, 0.6) is 0 Å². The summed E-state index contributed by atoms with van der Waals surface area (Å²) in [6.07, 6.45) is 3.82. The van der Waals surface area contributed by atoms with Gasteiger partial charge in [-0.2, -0.15) is 9.29 Å². The van der Waals surface area contributed by atoms with Crippen LogP contribution in [0.4, 0.5) is 0 Å². The van der Waals surface area contributed by atoms with Crippen molar-refractivity contribution in [1.82, 2.24) is 19.8 Å². The number of carbonyl (C=O) groups excluding carboxylic acids is 1. The maximum Gasteiger partial charge on any atom is 0.251 e. The van der Waals surface area contributed by atoms with Crippen molar-refractivity contribution in [2.45, 2.75) is 44.0 Å². The average molecular weight is 378 g/mol. The van der Waals surface area contributed by atoms with Gasteiger partial charge in [-0.15, -0.1) is 0 Å². The number of nitrogens with one attached hydrogen (secondary N) is 1. The first kappa shape index (κ1) is 18.5. The summed E-state index contributed by atoms with van der Waals surface area (Å²) in [5, 5.41) is 6.37. The highest BCUT2D eigenvalue weighted by molar-refractivity contribution is 7.89. The molecule has 2 heterocycles. The average Bonchev–Trinajstić information content (AvgIpc) is 2.87. The van der Waals surface area contributed by atoms with Gasteiger partial charge in [-0.25, -0.2) is 8.42 Å². The first-order valence-electron chi connectivity index (χ1n) is 8.64. The van der Waals surface area contributed by atoms with E-state index in [1.165, 1.54) is 16.4 Å². The van der Waals surface area contributed by atoms with E-state index in [0.29, 0.717) is 24.8 Å². The fourth-order valence-electron chi connectivity index (χ4n) is 2.90. The van der Waals surface area contributed by atoms with E-state index in [-0.39, 0.29) is 22.9 Å². The molecule has 3 rings (SSSR count). The molecule has 140 valence electrons. The lowest BCUT2D eigenvalue weighted by Gasteiger charge is -2.20. The Morgan fingerprint density at radius 3 is 2.62 bits per heavy atom. The van der Waals surface area contributed by atoms with Gasteiger partial charge in [0.05, 0.1) is 11.4 Å². The van der Waals surface area contributed by atoms with E-state index in [2.05, 4.69) is 15.5 Å². The molecular formula is C17H22N4O4S. The van der Waals surface area contributed by atoms with Gasteiger partial charge in [-0.1, -0.05) is 24.1 Å². The van der Waals surface area contributed by atoms with Crippen LogP contribution >= 0.6 is 0 Å². The summed E-state index contributed by atoms with van der Waals surface area (Å²) in [6, 6.07) is 6.10. The van der Waals surface area contributed by atoms with E-state index in [1.807, 2.05) is 0 Å². The monoisotopic (exact) mass is 378 g/mol. The molecule has 0 saturated carbocycles. The van der Waals surface area contributed by atoms with Crippen LogP contribution in [-0.2, 0) is 16.6 Å². The van der Waals surface area contributed by atoms with Gasteiger partial charge in [-0.3, -0.25) is 4.79 Å². The summed E-state index contributed by atoms with van der Waals surface area (Å²) in [5.74, 6) is 0.393. The number of amides is 1. The number of aryl methyl sites for hydroxylation is 1. The maximum absolute atomic E-state index is 12.9. The molecule has 1 aromatic heterocycles. The molecule has 1 aromatic carbocycles. The second kappa shape index (κ2) is 7.96. The maximum atomic E-state index is 12.9. The molecule has 26 heavy (non-hydrogen) atoms. The predicted molar refractivity (Wildman–Crippen MR) is 93.9 cm³/mol. The summed E-state index contributed by atoms with van der Waals surface area (Å²) in [6.45, 7) is 2.82. The summed E-state index contributed by atoms with van der Waals surface area (Å²) in [7, 11) is -3.59. The number of carbonyl (C=O) groups is 1. The van der Waals surface area contributed by atoms with Crippen LogP contribution in [-0.4, -0.2) is 41.9 Å². The molecule has 0 unspecified atom stereocenters. The Bertz CT molecular complexity index is 870. The van der Waals surface area contributed by atoms with Crippen molar-refractivity contribution in [1.29, 1.82) is 0 Å². The molecule has 1 aliphatic heterocycles. The lowest BCUT2D eigenvalue weighted by atomic mass is 10.2. The van der Waals surface area contributed by atoms with E-state index in [1.54, 1.807) is 19.1 Å². The zero-order valence-corrected chi connectivity index (χ0v) is 15.5. The number of hydrogen-bond donors (Lipinski definition) is 1. The number of benzene rings is 1. The van der Waals surface area contributed by atoms with E-state index >= 15 is 0 Å². The number of sulfonamides is 1. The molecular weight excluding hydrogens is 356 g/mol. The summed E-state index contributed by atoms with van der Waals surface area (Å²) < 4.78 is 32.1. The van der Waals surface area contributed by atoms with Gasteiger partial charge in [0, 0.05) is 25.6 Å². The van der Waals surface area contributed by atoms with Crippen LogP contribution in [0, 0.1) is 6.92 Å². The Kier molecular flexibility index (Phi) is 5.67. The Morgan fingerprint density at radius 2 is 1.96 bits per heavy atom. The van der Waals surface area contributed by atoms with Gasteiger partial charge in [0.25, 0.3) is 5.91 Å². The van der Waals surface area contributed by atoms with Crippen LogP contribution in [0.1, 0.15) is 47.8 Å². The smallest absolute Gasteiger partial charge is 0.251 e. The van der Waals surface area contributed by atoms with Crippen LogP contribution in [0.25, 0.3) is 0 Å². The zero-order chi connectivity index (χ0) is 18.6. The molecule has 0 atom stereocenters. The third-order valence-corrected chi connectivity index (χ3v) is 6.17. The van der Waals surface area contributed by atoms with Crippen LogP contribution < -0.4 is 5.32 Å². The van der Waals surface area contributed by atoms with Crippen molar-refractivity contribution >= 4 is 15.9 Å². The lowest BCUT2D eigenvalue weighted by molar-refractivity contribution is 0.0949. The topological polar surface area (TPSA) is 105 Å². The van der Waals surface area contributed by atoms with Crippen LogP contribution in [0.3, 0.4) is 0 Å². The third-order valence-electron chi connectivity index (χ3n) is 4.28. The second-order valence-corrected chi connectivity index (χ2v) is 8.20. The van der Waals surface area contributed by atoms with E-state index < -0.39 is 10.0 Å². The molecule has 8 nitrogen and oxygen atoms in total. The normalized spacial score (nSPS) is 16.2. The molecule has 1 fully saturated rings. The standard InChI is InChI=1S/C17H22N4O4S/c1-13-19-16(20-25-13)12-18-17(22)14-7-6-8-15(11-14)26(23,24)21-9-4-2-3-5-10-21/h6-8,11H,2-5,9-10,12H2,1H3,(H,18,22). The Morgan fingerprint density at radius 1 is 1.23 bits per heavy atom. The number of rotatable bonds is 5. The molecule has 1 N–H and O–H groups in total. The van der Waals surface area contributed by atoms with Crippen molar-refractivity contribution in [3.8, 4) is 0 Å². The van der Waals surface area contributed by atoms with Gasteiger partial charge in [0.1, 0.15) is 0 Å². The van der Waals surface area contributed by atoms with E-state index in [4.69, 9.17) is 4.52 Å². The van der Waals surface area contributed by atoms with Crippen molar-refractivity contribution in [2.24, 2.45) is 0 Å². The van der Waals surface area contributed by atoms with Gasteiger partial charge in [0.2, 0.25) is 15.9 Å². The van der Waals surface area contributed by atoms with Crippen LogP contribution in [0.15, 0.2) is 33.7 Å². The van der Waals surface area contributed by atoms with Crippen LogP contribution in [0.2, 0.25) is 0 Å². The molecule has 1 saturated heterocycles. The fourth-order valence-corrected chi connectivity index (χ4v) is 4.47. The molecule has 9 heteroatoms. The highest BCUT2D eigenvalue weighted by Crippen LogP contribution is 2.21. The van der Waals surface area contributed by atoms with Gasteiger partial charge in [-0.05, 0) is 31.0 Å². The minimum absolute atomic E-state index is 0.110. The van der Waals surface area contributed by atoms with Gasteiger partial charge < -0.3 is 9.84 Å². The fraction of sp³-hybridized carbons (Fsp3) is 0.471. The third kappa shape index (κ3) is 4.28. The molecule has 0 radical (unpaired) electrons. The highest BCUT2D eigenvalue weighted by Gasteiger charge is 2.25. The molecule has 0 aliphatic carbocycles. The largest absolute Gasteiger partial charge is 0.345 e. The summed E-state index contributed by atoms with van der Waals surface area (Å²) in [5.41, 5.74) is 0.279. The highest BCUT2D eigenvalue weighted by atomic mass is 32.2. The van der Waals surface area contributed by atoms with Gasteiger partial charge in [0.15, 0.2) is 5.82 Å². The van der Waals surface area contributed by atoms with E-state index in [9.17, 15) is 13.2 Å². The minimum atomic E-state index is -3.59. The van der Waals surface area contributed by atoms with Crippen molar-refractivity contribution in [3.63, 3.8) is 0 Å². The molecule has 1 amide bonds. The summed E-state index contributed by atoms with van der Waals surface area (Å²) in [4.78, 5) is 16.5. The predicted octanol–water partition coefficient (Wildman–Crippen LogP) is 1.87. The van der Waals surface area contributed by atoms with E-state index in [0.717, 1.165) is 25.7 Å². The number of aromatic nitrogens is 2. The van der Waals surface area contributed by atoms with Crippen molar-refractivity contribution in [3.05, 3.63) is 41.5 Å². The Balaban J connectivity index is 1.73. The molecule has 0 spiro atoms. The Labute approximate surface area is 152 Å². The number of hydrogen-bond acceptors (Lipinski definition) is 6. The number of nitrogens with zero attached hydrogens (tertiary/aromatic N) is 3. The first-order chi connectivity index (χ1) is 12.5. The summed E-state index contributed by atoms with van der Waals surface area (Å²) >= 11 is 0.